The third kappa shape index (κ3) is 2.80. The van der Waals surface area contributed by atoms with E-state index in [9.17, 15) is 0 Å². The summed E-state index contributed by atoms with van der Waals surface area (Å²) < 4.78 is 17.1. The summed E-state index contributed by atoms with van der Waals surface area (Å²) in [5.74, 6) is 0. The van der Waals surface area contributed by atoms with E-state index in [0.717, 1.165) is 6.42 Å². The molecule has 1 aliphatic heterocycles. The first-order valence-corrected chi connectivity index (χ1v) is 5.46. The van der Waals surface area contributed by atoms with Crippen LogP contribution in [0.15, 0.2) is 12.7 Å². The molecule has 88 valence electrons. The maximum atomic E-state index is 5.75. The van der Waals surface area contributed by atoms with Crippen LogP contribution in [0, 0.1) is 0 Å². The number of rotatable bonds is 4. The molecule has 0 spiro atoms. The van der Waals surface area contributed by atoms with Crippen LogP contribution in [0.3, 0.4) is 0 Å². The molecule has 0 aromatic carbocycles. The Morgan fingerprint density at radius 3 is 2.73 bits per heavy atom. The van der Waals surface area contributed by atoms with Crippen molar-refractivity contribution in [1.82, 2.24) is 0 Å². The molecule has 1 heterocycles. The van der Waals surface area contributed by atoms with Crippen LogP contribution in [0.2, 0.25) is 0 Å². The van der Waals surface area contributed by atoms with Crippen LogP contribution >= 0.6 is 0 Å². The highest BCUT2D eigenvalue weighted by Crippen LogP contribution is 2.33. The molecule has 0 aromatic heterocycles. The van der Waals surface area contributed by atoms with Crippen molar-refractivity contribution in [2.24, 2.45) is 0 Å². The van der Waals surface area contributed by atoms with Gasteiger partial charge in [-0.1, -0.05) is 6.08 Å². The Kier molecular flexibility index (Phi) is 4.32. The number of hydrogen-bond acceptors (Lipinski definition) is 3. The predicted octanol–water partition coefficient (Wildman–Crippen LogP) is 2.16. The van der Waals surface area contributed by atoms with Gasteiger partial charge in [-0.2, -0.15) is 0 Å². The standard InChI is InChI=1S/C12H22O3/c1-6-7-14-11-10(3)15-9(2)8-12(11,4)13-5/h6,9-11H,1,7-8H2,2-5H3/t9?,10-,11-,12+/m0/s1. The molecular weight excluding hydrogens is 192 g/mol. The zero-order chi connectivity index (χ0) is 11.5. The first-order valence-electron chi connectivity index (χ1n) is 5.46. The molecule has 0 aliphatic carbocycles. The van der Waals surface area contributed by atoms with Crippen molar-refractivity contribution in [3.8, 4) is 0 Å². The summed E-state index contributed by atoms with van der Waals surface area (Å²) in [6.45, 7) is 10.4. The molecular formula is C12H22O3. The Hall–Kier alpha value is -0.380. The Balaban J connectivity index is 2.73. The second-order valence-electron chi connectivity index (χ2n) is 4.42. The molecule has 15 heavy (non-hydrogen) atoms. The summed E-state index contributed by atoms with van der Waals surface area (Å²) in [5, 5.41) is 0. The monoisotopic (exact) mass is 214 g/mol. The third-order valence-corrected chi connectivity index (χ3v) is 3.03. The molecule has 1 saturated heterocycles. The van der Waals surface area contributed by atoms with Crippen molar-refractivity contribution >= 4 is 0 Å². The molecule has 1 unspecified atom stereocenters. The van der Waals surface area contributed by atoms with E-state index >= 15 is 0 Å². The fraction of sp³-hybridized carbons (Fsp3) is 0.833. The highest BCUT2D eigenvalue weighted by atomic mass is 16.6. The van der Waals surface area contributed by atoms with Gasteiger partial charge < -0.3 is 14.2 Å². The van der Waals surface area contributed by atoms with Crippen molar-refractivity contribution in [1.29, 1.82) is 0 Å². The van der Waals surface area contributed by atoms with Crippen LogP contribution in [-0.2, 0) is 14.2 Å². The van der Waals surface area contributed by atoms with Crippen LogP contribution in [0.5, 0.6) is 0 Å². The molecule has 0 bridgehead atoms. The van der Waals surface area contributed by atoms with Gasteiger partial charge in [-0.05, 0) is 20.8 Å². The van der Waals surface area contributed by atoms with E-state index in [1.54, 1.807) is 13.2 Å². The van der Waals surface area contributed by atoms with Crippen LogP contribution in [0.25, 0.3) is 0 Å². The maximum absolute atomic E-state index is 5.75. The molecule has 0 saturated carbocycles. The number of ether oxygens (including phenoxy) is 3. The molecule has 4 atom stereocenters. The van der Waals surface area contributed by atoms with Gasteiger partial charge in [0.1, 0.15) is 6.10 Å². The molecule has 0 N–H and O–H groups in total. The number of methoxy groups -OCH3 is 1. The van der Waals surface area contributed by atoms with E-state index in [4.69, 9.17) is 14.2 Å². The molecule has 0 aromatic rings. The lowest BCUT2D eigenvalue weighted by Crippen LogP contribution is -2.56. The van der Waals surface area contributed by atoms with Gasteiger partial charge in [-0.3, -0.25) is 0 Å². The van der Waals surface area contributed by atoms with E-state index < -0.39 is 0 Å². The van der Waals surface area contributed by atoms with Gasteiger partial charge in [0.15, 0.2) is 0 Å². The normalized spacial score (nSPS) is 41.5. The number of hydrogen-bond donors (Lipinski definition) is 0. The first-order chi connectivity index (χ1) is 7.03. The van der Waals surface area contributed by atoms with E-state index in [-0.39, 0.29) is 23.9 Å². The zero-order valence-corrected chi connectivity index (χ0v) is 10.2. The minimum Gasteiger partial charge on any atom is -0.376 e. The van der Waals surface area contributed by atoms with Crippen molar-refractivity contribution in [2.75, 3.05) is 13.7 Å². The van der Waals surface area contributed by atoms with E-state index in [0.29, 0.717) is 6.61 Å². The van der Waals surface area contributed by atoms with Crippen molar-refractivity contribution in [3.63, 3.8) is 0 Å². The highest BCUT2D eigenvalue weighted by Gasteiger charge is 2.45. The highest BCUT2D eigenvalue weighted by molar-refractivity contribution is 4.95. The third-order valence-electron chi connectivity index (χ3n) is 3.03. The Morgan fingerprint density at radius 1 is 1.53 bits per heavy atom. The van der Waals surface area contributed by atoms with Gasteiger partial charge in [0.25, 0.3) is 0 Å². The molecule has 1 rings (SSSR count). The fourth-order valence-corrected chi connectivity index (χ4v) is 2.35. The van der Waals surface area contributed by atoms with E-state index in [2.05, 4.69) is 20.4 Å². The molecule has 0 radical (unpaired) electrons. The maximum Gasteiger partial charge on any atom is 0.112 e. The largest absolute Gasteiger partial charge is 0.376 e. The van der Waals surface area contributed by atoms with Gasteiger partial charge in [0, 0.05) is 13.5 Å². The second-order valence-corrected chi connectivity index (χ2v) is 4.42. The molecule has 3 nitrogen and oxygen atoms in total. The minimum atomic E-state index is -0.264. The summed E-state index contributed by atoms with van der Waals surface area (Å²) in [5.41, 5.74) is -0.264. The Bertz CT molecular complexity index is 217. The zero-order valence-electron chi connectivity index (χ0n) is 10.2. The minimum absolute atomic E-state index is 0.0308. The summed E-state index contributed by atoms with van der Waals surface area (Å²) in [4.78, 5) is 0. The van der Waals surface area contributed by atoms with Crippen LogP contribution in [0.1, 0.15) is 27.2 Å². The van der Waals surface area contributed by atoms with Gasteiger partial charge in [-0.15, -0.1) is 6.58 Å². The van der Waals surface area contributed by atoms with Gasteiger partial charge in [0.2, 0.25) is 0 Å². The molecule has 1 fully saturated rings. The summed E-state index contributed by atoms with van der Waals surface area (Å²) in [6.07, 6.45) is 2.85. The van der Waals surface area contributed by atoms with Crippen LogP contribution < -0.4 is 0 Å². The lowest BCUT2D eigenvalue weighted by atomic mass is 9.86. The quantitative estimate of drug-likeness (QED) is 0.671. The van der Waals surface area contributed by atoms with Gasteiger partial charge in [0.05, 0.1) is 24.4 Å². The molecule has 0 amide bonds. The summed E-state index contributed by atoms with van der Waals surface area (Å²) in [6, 6.07) is 0. The Morgan fingerprint density at radius 2 is 2.20 bits per heavy atom. The van der Waals surface area contributed by atoms with Crippen LogP contribution in [-0.4, -0.2) is 37.6 Å². The van der Waals surface area contributed by atoms with Crippen molar-refractivity contribution in [3.05, 3.63) is 12.7 Å². The van der Waals surface area contributed by atoms with Crippen molar-refractivity contribution < 1.29 is 14.2 Å². The lowest BCUT2D eigenvalue weighted by Gasteiger charge is -2.45. The summed E-state index contributed by atoms with van der Waals surface area (Å²) in [7, 11) is 1.73. The Labute approximate surface area is 92.4 Å². The summed E-state index contributed by atoms with van der Waals surface area (Å²) >= 11 is 0. The predicted molar refractivity (Wildman–Crippen MR) is 60.0 cm³/mol. The average molecular weight is 214 g/mol. The van der Waals surface area contributed by atoms with Gasteiger partial charge in [-0.25, -0.2) is 0 Å². The smallest absolute Gasteiger partial charge is 0.112 e. The topological polar surface area (TPSA) is 27.7 Å². The second kappa shape index (κ2) is 5.10. The van der Waals surface area contributed by atoms with Crippen molar-refractivity contribution in [2.45, 2.75) is 51.1 Å². The average Bonchev–Trinajstić information content (AvgIpc) is 2.16. The van der Waals surface area contributed by atoms with E-state index in [1.807, 2.05) is 6.92 Å². The lowest BCUT2D eigenvalue weighted by molar-refractivity contribution is -0.224. The molecule has 3 heteroatoms. The van der Waals surface area contributed by atoms with Gasteiger partial charge >= 0.3 is 0 Å². The SMILES string of the molecule is C=CCO[C@H]1[C@H](C)OC(C)C[C@@]1(C)OC. The molecule has 1 aliphatic rings. The fourth-order valence-electron chi connectivity index (χ4n) is 2.35. The van der Waals surface area contributed by atoms with E-state index in [1.165, 1.54) is 0 Å². The van der Waals surface area contributed by atoms with Crippen LogP contribution in [0.4, 0.5) is 0 Å². The first kappa shape index (κ1) is 12.7.